The molecule has 0 radical (unpaired) electrons. The summed E-state index contributed by atoms with van der Waals surface area (Å²) in [5, 5.41) is 3.31. The molecular formula is C16H22N2O2. The average Bonchev–Trinajstić information content (AvgIpc) is 2.94. The van der Waals surface area contributed by atoms with Crippen LogP contribution in [0.2, 0.25) is 0 Å². The molecule has 1 saturated heterocycles. The largest absolute Gasteiger partial charge is 0.381 e. The fourth-order valence-electron chi connectivity index (χ4n) is 3.07. The van der Waals surface area contributed by atoms with Gasteiger partial charge in [-0.2, -0.15) is 0 Å². The fraction of sp³-hybridized carbons (Fsp3) is 0.562. The maximum absolute atomic E-state index is 12.5. The third-order valence-electron chi connectivity index (χ3n) is 4.22. The molecule has 1 aromatic rings. The number of nitrogens with one attached hydrogen (secondary N) is 1. The number of rotatable bonds is 3. The lowest BCUT2D eigenvalue weighted by molar-refractivity contribution is 0.0388. The molecule has 1 amide bonds. The van der Waals surface area contributed by atoms with Crippen molar-refractivity contribution < 1.29 is 9.53 Å². The highest BCUT2D eigenvalue weighted by molar-refractivity contribution is 5.94. The lowest BCUT2D eigenvalue weighted by Gasteiger charge is -2.27. The van der Waals surface area contributed by atoms with Crippen LogP contribution in [-0.4, -0.2) is 37.6 Å². The minimum atomic E-state index is 0.116. The summed E-state index contributed by atoms with van der Waals surface area (Å²) < 4.78 is 5.48. The van der Waals surface area contributed by atoms with Crippen LogP contribution in [0.15, 0.2) is 18.2 Å². The van der Waals surface area contributed by atoms with E-state index in [1.807, 2.05) is 24.1 Å². The van der Waals surface area contributed by atoms with E-state index < -0.39 is 0 Å². The molecule has 20 heavy (non-hydrogen) atoms. The molecule has 4 nitrogen and oxygen atoms in total. The zero-order valence-electron chi connectivity index (χ0n) is 12.0. The number of fused-ring (bicyclic) bond motifs is 1. The number of ether oxygens (including phenoxy) is 1. The van der Waals surface area contributed by atoms with Gasteiger partial charge >= 0.3 is 0 Å². The van der Waals surface area contributed by atoms with Crippen LogP contribution in [0, 0.1) is 5.92 Å². The zero-order valence-corrected chi connectivity index (χ0v) is 12.0. The second-order valence-electron chi connectivity index (χ2n) is 5.86. The van der Waals surface area contributed by atoms with Gasteiger partial charge in [0.2, 0.25) is 0 Å². The summed E-state index contributed by atoms with van der Waals surface area (Å²) in [6, 6.07) is 6.05. The van der Waals surface area contributed by atoms with Gasteiger partial charge in [-0.3, -0.25) is 4.79 Å². The summed E-state index contributed by atoms with van der Waals surface area (Å²) in [7, 11) is 1.89. The Morgan fingerprint density at radius 3 is 3.05 bits per heavy atom. The molecule has 0 bridgehead atoms. The van der Waals surface area contributed by atoms with Gasteiger partial charge in [0.25, 0.3) is 5.91 Å². The van der Waals surface area contributed by atoms with Gasteiger partial charge in [-0.15, -0.1) is 0 Å². The monoisotopic (exact) mass is 274 g/mol. The molecule has 108 valence electrons. The average molecular weight is 274 g/mol. The number of carbonyl (C=O) groups is 1. The Morgan fingerprint density at radius 1 is 1.40 bits per heavy atom. The quantitative estimate of drug-likeness (QED) is 0.913. The summed E-state index contributed by atoms with van der Waals surface area (Å²) in [5.74, 6) is 0.596. The predicted molar refractivity (Wildman–Crippen MR) is 77.5 cm³/mol. The normalized spacial score (nSPS) is 21.6. The Kier molecular flexibility index (Phi) is 4.03. The van der Waals surface area contributed by atoms with E-state index in [2.05, 4.69) is 11.4 Å². The highest BCUT2D eigenvalue weighted by atomic mass is 16.5. The van der Waals surface area contributed by atoms with Crippen molar-refractivity contribution in [3.63, 3.8) is 0 Å². The fourth-order valence-corrected chi connectivity index (χ4v) is 3.07. The Hall–Kier alpha value is -1.39. The van der Waals surface area contributed by atoms with Crippen LogP contribution in [0.3, 0.4) is 0 Å². The lowest BCUT2D eigenvalue weighted by atomic mass is 10.0. The van der Waals surface area contributed by atoms with Gasteiger partial charge in [-0.05, 0) is 42.0 Å². The van der Waals surface area contributed by atoms with Gasteiger partial charge in [0.15, 0.2) is 0 Å². The molecule has 0 aliphatic carbocycles. The van der Waals surface area contributed by atoms with Gasteiger partial charge < -0.3 is 15.0 Å². The molecule has 0 saturated carbocycles. The molecule has 1 aromatic carbocycles. The van der Waals surface area contributed by atoms with Crippen LogP contribution in [0.5, 0.6) is 0 Å². The molecule has 1 unspecified atom stereocenters. The van der Waals surface area contributed by atoms with Crippen molar-refractivity contribution in [3.05, 3.63) is 34.9 Å². The van der Waals surface area contributed by atoms with E-state index in [4.69, 9.17) is 4.74 Å². The van der Waals surface area contributed by atoms with Crippen molar-refractivity contribution >= 4 is 5.91 Å². The maximum atomic E-state index is 12.5. The summed E-state index contributed by atoms with van der Waals surface area (Å²) >= 11 is 0. The van der Waals surface area contributed by atoms with Crippen molar-refractivity contribution in [2.75, 3.05) is 26.8 Å². The van der Waals surface area contributed by atoms with Gasteiger partial charge in [-0.1, -0.05) is 6.07 Å². The topological polar surface area (TPSA) is 41.6 Å². The van der Waals surface area contributed by atoms with Gasteiger partial charge in [0.05, 0.1) is 6.61 Å². The summed E-state index contributed by atoms with van der Waals surface area (Å²) in [6.07, 6.45) is 2.27. The Balaban J connectivity index is 1.65. The molecule has 2 aliphatic rings. The van der Waals surface area contributed by atoms with E-state index in [-0.39, 0.29) is 5.91 Å². The van der Waals surface area contributed by atoms with E-state index in [1.54, 1.807) is 0 Å². The smallest absolute Gasteiger partial charge is 0.253 e. The summed E-state index contributed by atoms with van der Waals surface area (Å²) in [4.78, 5) is 14.3. The third kappa shape index (κ3) is 2.86. The number of amides is 1. The molecule has 4 heteroatoms. The van der Waals surface area contributed by atoms with Crippen molar-refractivity contribution in [2.24, 2.45) is 5.92 Å². The van der Waals surface area contributed by atoms with Gasteiger partial charge in [-0.25, -0.2) is 0 Å². The van der Waals surface area contributed by atoms with Crippen LogP contribution in [0.4, 0.5) is 0 Å². The van der Waals surface area contributed by atoms with Crippen LogP contribution >= 0.6 is 0 Å². The first-order valence-corrected chi connectivity index (χ1v) is 7.40. The molecule has 1 fully saturated rings. The molecule has 2 heterocycles. The van der Waals surface area contributed by atoms with Gasteiger partial charge in [0, 0.05) is 38.9 Å². The Labute approximate surface area is 120 Å². The maximum Gasteiger partial charge on any atom is 0.253 e. The minimum absolute atomic E-state index is 0.116. The SMILES string of the molecule is CN(CC1CCCOC1)C(=O)c1ccc2c(c1)CNC2. The molecule has 0 aromatic heterocycles. The number of carbonyl (C=O) groups excluding carboxylic acids is 1. The highest BCUT2D eigenvalue weighted by Gasteiger charge is 2.20. The Bertz CT molecular complexity index is 495. The number of benzene rings is 1. The summed E-state index contributed by atoms with van der Waals surface area (Å²) in [6.45, 7) is 4.22. The number of nitrogens with zero attached hydrogens (tertiary/aromatic N) is 1. The van der Waals surface area contributed by atoms with Crippen molar-refractivity contribution in [1.82, 2.24) is 10.2 Å². The van der Waals surface area contributed by atoms with Crippen molar-refractivity contribution in [2.45, 2.75) is 25.9 Å². The third-order valence-corrected chi connectivity index (χ3v) is 4.22. The van der Waals surface area contributed by atoms with Crippen LogP contribution in [0.1, 0.15) is 34.3 Å². The standard InChI is InChI=1S/C16H22N2O2/c1-18(10-12-3-2-6-20-11-12)16(19)13-4-5-14-8-17-9-15(14)7-13/h4-5,7,12,17H,2-3,6,8-11H2,1H3. The van der Waals surface area contributed by atoms with E-state index in [1.165, 1.54) is 11.1 Å². The van der Waals surface area contributed by atoms with Crippen molar-refractivity contribution in [3.8, 4) is 0 Å². The first-order chi connectivity index (χ1) is 9.74. The molecule has 2 aliphatic heterocycles. The molecule has 1 N–H and O–H groups in total. The highest BCUT2D eigenvalue weighted by Crippen LogP contribution is 2.19. The van der Waals surface area contributed by atoms with Crippen LogP contribution in [-0.2, 0) is 17.8 Å². The first-order valence-electron chi connectivity index (χ1n) is 7.40. The number of hydrogen-bond acceptors (Lipinski definition) is 3. The minimum Gasteiger partial charge on any atom is -0.381 e. The zero-order chi connectivity index (χ0) is 13.9. The van der Waals surface area contributed by atoms with Crippen LogP contribution < -0.4 is 5.32 Å². The summed E-state index contributed by atoms with van der Waals surface area (Å²) in [5.41, 5.74) is 3.36. The molecule has 1 atom stereocenters. The van der Waals surface area contributed by atoms with E-state index >= 15 is 0 Å². The molecule has 3 rings (SSSR count). The second-order valence-corrected chi connectivity index (χ2v) is 5.86. The van der Waals surface area contributed by atoms with E-state index in [9.17, 15) is 4.79 Å². The number of hydrogen-bond donors (Lipinski definition) is 1. The lowest BCUT2D eigenvalue weighted by Crippen LogP contribution is -2.35. The van der Waals surface area contributed by atoms with Crippen molar-refractivity contribution in [1.29, 1.82) is 0 Å². The second kappa shape index (κ2) is 5.94. The molecular weight excluding hydrogens is 252 g/mol. The van der Waals surface area contributed by atoms with Gasteiger partial charge in [0.1, 0.15) is 0 Å². The van der Waals surface area contributed by atoms with E-state index in [0.717, 1.165) is 51.3 Å². The van der Waals surface area contributed by atoms with E-state index in [0.29, 0.717) is 5.92 Å². The Morgan fingerprint density at radius 2 is 2.25 bits per heavy atom. The predicted octanol–water partition coefficient (Wildman–Crippen LogP) is 1.79. The molecule has 0 spiro atoms. The van der Waals surface area contributed by atoms with Crippen LogP contribution in [0.25, 0.3) is 0 Å². The first kappa shape index (κ1) is 13.6.